The van der Waals surface area contributed by atoms with Gasteiger partial charge in [0.1, 0.15) is 6.29 Å². The lowest BCUT2D eigenvalue weighted by Gasteiger charge is -2.23. The van der Waals surface area contributed by atoms with Gasteiger partial charge in [0.05, 0.1) is 11.7 Å². The minimum atomic E-state index is 0.0111. The van der Waals surface area contributed by atoms with E-state index in [1.165, 1.54) is 23.1 Å². The zero-order valence-electron chi connectivity index (χ0n) is 19.2. The van der Waals surface area contributed by atoms with Gasteiger partial charge in [0.2, 0.25) is 0 Å². The SMILES string of the molecule is CCC(=C(c1ccc(C=O)cc1)c1ccc2c(cnn2C2CCCCO2)c1)c1ccc(Br)cc1. The summed E-state index contributed by atoms with van der Waals surface area (Å²) in [6.45, 7) is 2.98. The van der Waals surface area contributed by atoms with Crippen LogP contribution in [0, 0.1) is 0 Å². The van der Waals surface area contributed by atoms with Crippen LogP contribution in [0.1, 0.15) is 65.9 Å². The number of allylic oxidation sites excluding steroid dienone is 1. The van der Waals surface area contributed by atoms with Crippen molar-refractivity contribution in [1.29, 1.82) is 0 Å². The molecule has 4 aromatic rings. The summed E-state index contributed by atoms with van der Waals surface area (Å²) in [6.07, 6.45) is 6.99. The average molecular weight is 515 g/mol. The van der Waals surface area contributed by atoms with Crippen LogP contribution in [0.2, 0.25) is 0 Å². The number of benzene rings is 3. The molecule has 1 atom stereocenters. The molecule has 0 amide bonds. The summed E-state index contributed by atoms with van der Waals surface area (Å²) in [4.78, 5) is 11.2. The van der Waals surface area contributed by atoms with E-state index in [1.807, 2.05) is 35.1 Å². The normalized spacial score (nSPS) is 16.9. The van der Waals surface area contributed by atoms with Gasteiger partial charge in [0.15, 0.2) is 6.23 Å². The molecule has 0 aliphatic carbocycles. The quantitative estimate of drug-likeness (QED) is 0.195. The summed E-state index contributed by atoms with van der Waals surface area (Å²) in [5, 5.41) is 5.78. The number of ether oxygens (including phenoxy) is 1. The van der Waals surface area contributed by atoms with Crippen molar-refractivity contribution >= 4 is 44.3 Å². The summed E-state index contributed by atoms with van der Waals surface area (Å²) in [7, 11) is 0. The first-order chi connectivity index (χ1) is 16.7. The molecule has 172 valence electrons. The van der Waals surface area contributed by atoms with Crippen LogP contribution < -0.4 is 0 Å². The molecule has 0 spiro atoms. The topological polar surface area (TPSA) is 44.1 Å². The van der Waals surface area contributed by atoms with Crippen LogP contribution in [0.25, 0.3) is 22.0 Å². The number of aromatic nitrogens is 2. The van der Waals surface area contributed by atoms with Crippen molar-refractivity contribution in [2.75, 3.05) is 6.61 Å². The van der Waals surface area contributed by atoms with Gasteiger partial charge in [-0.15, -0.1) is 0 Å². The van der Waals surface area contributed by atoms with E-state index in [0.29, 0.717) is 5.56 Å². The molecule has 0 bridgehead atoms. The number of carbonyl (C=O) groups is 1. The number of carbonyl (C=O) groups excluding carboxylic acids is 1. The van der Waals surface area contributed by atoms with Gasteiger partial charge in [0, 0.05) is 22.0 Å². The fraction of sp³-hybridized carbons (Fsp3) is 0.241. The van der Waals surface area contributed by atoms with Crippen LogP contribution in [0.4, 0.5) is 0 Å². The van der Waals surface area contributed by atoms with Crippen molar-refractivity contribution in [3.05, 3.63) is 99.7 Å². The zero-order chi connectivity index (χ0) is 23.5. The number of fused-ring (bicyclic) bond motifs is 1. The van der Waals surface area contributed by atoms with E-state index in [9.17, 15) is 4.79 Å². The van der Waals surface area contributed by atoms with E-state index in [1.54, 1.807) is 0 Å². The molecule has 3 aromatic carbocycles. The van der Waals surface area contributed by atoms with Gasteiger partial charge in [-0.2, -0.15) is 5.10 Å². The van der Waals surface area contributed by atoms with E-state index in [2.05, 4.69) is 70.4 Å². The molecule has 4 nitrogen and oxygen atoms in total. The Morgan fingerprint density at radius 2 is 1.76 bits per heavy atom. The lowest BCUT2D eigenvalue weighted by Crippen LogP contribution is -2.18. The largest absolute Gasteiger partial charge is 0.356 e. The predicted octanol–water partition coefficient (Wildman–Crippen LogP) is 7.68. The van der Waals surface area contributed by atoms with E-state index >= 15 is 0 Å². The van der Waals surface area contributed by atoms with Gasteiger partial charge >= 0.3 is 0 Å². The Morgan fingerprint density at radius 1 is 1.03 bits per heavy atom. The second-order valence-corrected chi connectivity index (χ2v) is 9.55. The van der Waals surface area contributed by atoms with Crippen LogP contribution >= 0.6 is 15.9 Å². The van der Waals surface area contributed by atoms with Gasteiger partial charge in [-0.05, 0) is 77.8 Å². The molecule has 1 fully saturated rings. The number of hydrogen-bond donors (Lipinski definition) is 0. The first-order valence-corrected chi connectivity index (χ1v) is 12.6. The molecule has 0 saturated carbocycles. The molecule has 5 heteroatoms. The molecule has 5 rings (SSSR count). The molecular formula is C29H27BrN2O2. The third-order valence-corrected chi connectivity index (χ3v) is 7.02. The highest BCUT2D eigenvalue weighted by molar-refractivity contribution is 9.10. The van der Waals surface area contributed by atoms with Gasteiger partial charge in [-0.25, -0.2) is 4.68 Å². The van der Waals surface area contributed by atoms with Crippen molar-refractivity contribution in [2.45, 2.75) is 38.8 Å². The summed E-state index contributed by atoms with van der Waals surface area (Å²) in [6, 6.07) is 22.9. The Bertz CT molecular complexity index is 1330. The van der Waals surface area contributed by atoms with E-state index in [4.69, 9.17) is 4.74 Å². The standard InChI is InChI=1S/C29H27BrN2O2/c1-2-26(21-10-13-25(30)14-11-21)29(22-8-6-20(19-33)7-9-22)23-12-15-27-24(17-23)18-31-32(27)28-5-3-4-16-34-28/h6-15,17-19,28H,2-5,16H2,1H3. The number of hydrogen-bond acceptors (Lipinski definition) is 3. The summed E-state index contributed by atoms with van der Waals surface area (Å²) < 4.78 is 9.06. The Labute approximate surface area is 208 Å². The maximum Gasteiger partial charge on any atom is 0.150 e. The Morgan fingerprint density at radius 3 is 2.44 bits per heavy atom. The lowest BCUT2D eigenvalue weighted by atomic mass is 9.87. The van der Waals surface area contributed by atoms with Crippen LogP contribution in [-0.4, -0.2) is 22.7 Å². The first kappa shape index (κ1) is 22.8. The smallest absolute Gasteiger partial charge is 0.150 e. The molecule has 1 unspecified atom stereocenters. The highest BCUT2D eigenvalue weighted by atomic mass is 79.9. The van der Waals surface area contributed by atoms with Crippen molar-refractivity contribution in [3.63, 3.8) is 0 Å². The lowest BCUT2D eigenvalue weighted by molar-refractivity contribution is -0.0366. The van der Waals surface area contributed by atoms with Crippen molar-refractivity contribution < 1.29 is 9.53 Å². The van der Waals surface area contributed by atoms with Crippen molar-refractivity contribution in [3.8, 4) is 0 Å². The molecule has 34 heavy (non-hydrogen) atoms. The molecule has 1 aromatic heterocycles. The van der Waals surface area contributed by atoms with Crippen LogP contribution in [-0.2, 0) is 4.74 Å². The summed E-state index contributed by atoms with van der Waals surface area (Å²) >= 11 is 3.55. The molecule has 1 aliphatic heterocycles. The number of aldehydes is 1. The Kier molecular flexibility index (Phi) is 6.75. The third kappa shape index (κ3) is 4.50. The predicted molar refractivity (Wildman–Crippen MR) is 141 cm³/mol. The van der Waals surface area contributed by atoms with E-state index in [0.717, 1.165) is 58.7 Å². The second-order valence-electron chi connectivity index (χ2n) is 8.64. The number of halogens is 1. The summed E-state index contributed by atoms with van der Waals surface area (Å²) in [5.41, 5.74) is 7.61. The highest BCUT2D eigenvalue weighted by Gasteiger charge is 2.20. The number of rotatable bonds is 6. The van der Waals surface area contributed by atoms with Gasteiger partial charge < -0.3 is 4.74 Å². The van der Waals surface area contributed by atoms with Crippen molar-refractivity contribution in [2.24, 2.45) is 0 Å². The van der Waals surface area contributed by atoms with Crippen molar-refractivity contribution in [1.82, 2.24) is 9.78 Å². The fourth-order valence-corrected chi connectivity index (χ4v) is 5.04. The third-order valence-electron chi connectivity index (χ3n) is 6.50. The Balaban J connectivity index is 1.66. The van der Waals surface area contributed by atoms with E-state index in [-0.39, 0.29) is 6.23 Å². The Hall–Kier alpha value is -3.02. The van der Waals surface area contributed by atoms with Gasteiger partial charge in [0.25, 0.3) is 0 Å². The van der Waals surface area contributed by atoms with E-state index < -0.39 is 0 Å². The van der Waals surface area contributed by atoms with Crippen LogP contribution in [0.5, 0.6) is 0 Å². The van der Waals surface area contributed by atoms with Gasteiger partial charge in [-0.3, -0.25) is 4.79 Å². The van der Waals surface area contributed by atoms with Crippen LogP contribution in [0.3, 0.4) is 0 Å². The highest BCUT2D eigenvalue weighted by Crippen LogP contribution is 2.36. The molecule has 2 heterocycles. The molecule has 1 aliphatic rings. The van der Waals surface area contributed by atoms with Gasteiger partial charge in [-0.1, -0.05) is 65.3 Å². The molecule has 0 radical (unpaired) electrons. The number of nitrogens with zero attached hydrogens (tertiary/aromatic N) is 2. The fourth-order valence-electron chi connectivity index (χ4n) is 4.77. The monoisotopic (exact) mass is 514 g/mol. The molecule has 0 N–H and O–H groups in total. The average Bonchev–Trinajstić information content (AvgIpc) is 3.32. The second kappa shape index (κ2) is 10.1. The molecule has 1 saturated heterocycles. The molecular weight excluding hydrogens is 488 g/mol. The maximum atomic E-state index is 11.2. The minimum absolute atomic E-state index is 0.0111. The van der Waals surface area contributed by atoms with Crippen LogP contribution in [0.15, 0.2) is 77.4 Å². The minimum Gasteiger partial charge on any atom is -0.356 e. The first-order valence-electron chi connectivity index (χ1n) is 11.8. The zero-order valence-corrected chi connectivity index (χ0v) is 20.8. The maximum absolute atomic E-state index is 11.2. The summed E-state index contributed by atoms with van der Waals surface area (Å²) in [5.74, 6) is 0.